The van der Waals surface area contributed by atoms with Crippen LogP contribution < -0.4 is 10.5 Å². The molecule has 19 heavy (non-hydrogen) atoms. The van der Waals surface area contributed by atoms with Crippen molar-refractivity contribution in [2.75, 3.05) is 12.8 Å². The smallest absolute Gasteiger partial charge is 0.195 e. The Labute approximate surface area is 113 Å². The maximum Gasteiger partial charge on any atom is 0.195 e. The van der Waals surface area contributed by atoms with E-state index >= 15 is 0 Å². The van der Waals surface area contributed by atoms with Crippen molar-refractivity contribution in [3.05, 3.63) is 58.7 Å². The number of carbonyl (C=O) groups is 1. The topological polar surface area (TPSA) is 52.3 Å². The molecule has 3 nitrogen and oxygen atoms in total. The van der Waals surface area contributed by atoms with Gasteiger partial charge in [0.05, 0.1) is 7.11 Å². The van der Waals surface area contributed by atoms with Crippen molar-refractivity contribution in [3.8, 4) is 5.75 Å². The maximum atomic E-state index is 12.5. The Morgan fingerprint density at radius 1 is 1.11 bits per heavy atom. The number of anilines is 1. The molecule has 0 aliphatic rings. The molecule has 0 aromatic heterocycles. The van der Waals surface area contributed by atoms with E-state index in [-0.39, 0.29) is 5.78 Å². The van der Waals surface area contributed by atoms with Gasteiger partial charge in [0.2, 0.25) is 0 Å². The largest absolute Gasteiger partial charge is 0.497 e. The van der Waals surface area contributed by atoms with Crippen molar-refractivity contribution in [2.24, 2.45) is 0 Å². The van der Waals surface area contributed by atoms with Crippen LogP contribution in [-0.2, 0) is 0 Å². The first-order chi connectivity index (χ1) is 9.04. The van der Waals surface area contributed by atoms with Gasteiger partial charge >= 0.3 is 0 Å². The Morgan fingerprint density at radius 3 is 2.47 bits per heavy atom. The highest BCUT2D eigenvalue weighted by Gasteiger charge is 2.15. The monoisotopic (exact) mass is 255 g/mol. The van der Waals surface area contributed by atoms with Crippen molar-refractivity contribution in [3.63, 3.8) is 0 Å². The van der Waals surface area contributed by atoms with E-state index in [1.165, 1.54) is 0 Å². The Balaban J connectivity index is 2.47. The minimum absolute atomic E-state index is 0.0543. The van der Waals surface area contributed by atoms with Crippen LogP contribution in [0.3, 0.4) is 0 Å². The molecule has 2 aromatic rings. The van der Waals surface area contributed by atoms with Crippen LogP contribution in [0.2, 0.25) is 0 Å². The molecule has 3 heteroatoms. The van der Waals surface area contributed by atoms with Crippen LogP contribution in [0.15, 0.2) is 36.4 Å². The van der Waals surface area contributed by atoms with E-state index in [1.54, 1.807) is 25.3 Å². The summed E-state index contributed by atoms with van der Waals surface area (Å²) in [6, 6.07) is 10.8. The second kappa shape index (κ2) is 5.14. The van der Waals surface area contributed by atoms with Crippen molar-refractivity contribution in [1.82, 2.24) is 0 Å². The van der Waals surface area contributed by atoms with Gasteiger partial charge in [-0.05, 0) is 37.1 Å². The molecule has 0 saturated heterocycles. The Hall–Kier alpha value is -2.29. The number of methoxy groups -OCH3 is 1. The van der Waals surface area contributed by atoms with Gasteiger partial charge in [-0.1, -0.05) is 18.2 Å². The zero-order valence-electron chi connectivity index (χ0n) is 11.4. The van der Waals surface area contributed by atoms with Gasteiger partial charge in [0.1, 0.15) is 5.75 Å². The van der Waals surface area contributed by atoms with Crippen LogP contribution in [0, 0.1) is 13.8 Å². The quantitative estimate of drug-likeness (QED) is 0.677. The molecule has 0 fully saturated rings. The lowest BCUT2D eigenvalue weighted by atomic mass is 9.95. The average Bonchev–Trinajstić information content (AvgIpc) is 2.41. The van der Waals surface area contributed by atoms with E-state index in [2.05, 4.69) is 0 Å². The molecule has 2 N–H and O–H groups in total. The second-order valence-corrected chi connectivity index (χ2v) is 4.53. The van der Waals surface area contributed by atoms with Gasteiger partial charge in [-0.15, -0.1) is 0 Å². The van der Waals surface area contributed by atoms with Gasteiger partial charge in [-0.3, -0.25) is 4.79 Å². The van der Waals surface area contributed by atoms with E-state index in [0.29, 0.717) is 22.6 Å². The second-order valence-electron chi connectivity index (χ2n) is 4.53. The van der Waals surface area contributed by atoms with Gasteiger partial charge in [0.15, 0.2) is 5.78 Å². The number of rotatable bonds is 3. The predicted molar refractivity (Wildman–Crippen MR) is 76.8 cm³/mol. The molecule has 2 rings (SSSR count). The maximum absolute atomic E-state index is 12.5. The Morgan fingerprint density at radius 2 is 1.84 bits per heavy atom. The zero-order chi connectivity index (χ0) is 14.0. The molecule has 0 spiro atoms. The number of aryl methyl sites for hydroxylation is 1. The fourth-order valence-electron chi connectivity index (χ4n) is 2.02. The van der Waals surface area contributed by atoms with Gasteiger partial charge in [-0.25, -0.2) is 0 Å². The highest BCUT2D eigenvalue weighted by Crippen LogP contribution is 2.24. The first kappa shape index (κ1) is 13.1. The summed E-state index contributed by atoms with van der Waals surface area (Å²) in [6.07, 6.45) is 0. The third-order valence-corrected chi connectivity index (χ3v) is 3.35. The van der Waals surface area contributed by atoms with Crippen molar-refractivity contribution in [1.29, 1.82) is 0 Å². The number of carbonyl (C=O) groups excluding carboxylic acids is 1. The molecule has 0 bridgehead atoms. The van der Waals surface area contributed by atoms with Crippen LogP contribution in [-0.4, -0.2) is 12.9 Å². The van der Waals surface area contributed by atoms with E-state index in [9.17, 15) is 4.79 Å². The van der Waals surface area contributed by atoms with Crippen LogP contribution in [0.4, 0.5) is 5.69 Å². The summed E-state index contributed by atoms with van der Waals surface area (Å²) in [4.78, 5) is 12.5. The van der Waals surface area contributed by atoms with E-state index in [0.717, 1.165) is 11.1 Å². The summed E-state index contributed by atoms with van der Waals surface area (Å²) in [5.74, 6) is 0.594. The number of hydrogen-bond donors (Lipinski definition) is 1. The highest BCUT2D eigenvalue weighted by molar-refractivity contribution is 6.13. The lowest BCUT2D eigenvalue weighted by molar-refractivity contribution is 0.103. The first-order valence-corrected chi connectivity index (χ1v) is 6.09. The molecular weight excluding hydrogens is 238 g/mol. The fraction of sp³-hybridized carbons (Fsp3) is 0.188. The van der Waals surface area contributed by atoms with Crippen LogP contribution in [0.5, 0.6) is 5.75 Å². The summed E-state index contributed by atoms with van der Waals surface area (Å²) < 4.78 is 5.09. The summed E-state index contributed by atoms with van der Waals surface area (Å²) in [5, 5.41) is 0. The Kier molecular flexibility index (Phi) is 3.56. The third-order valence-electron chi connectivity index (χ3n) is 3.35. The van der Waals surface area contributed by atoms with Gasteiger partial charge < -0.3 is 10.5 Å². The van der Waals surface area contributed by atoms with Crippen molar-refractivity contribution < 1.29 is 9.53 Å². The zero-order valence-corrected chi connectivity index (χ0v) is 11.4. The van der Waals surface area contributed by atoms with Crippen LogP contribution in [0.1, 0.15) is 27.0 Å². The summed E-state index contributed by atoms with van der Waals surface area (Å²) in [6.45, 7) is 3.94. The van der Waals surface area contributed by atoms with E-state index < -0.39 is 0 Å². The molecule has 0 aliphatic heterocycles. The van der Waals surface area contributed by atoms with Crippen molar-refractivity contribution >= 4 is 11.5 Å². The van der Waals surface area contributed by atoms with E-state index in [1.807, 2.05) is 32.0 Å². The predicted octanol–water partition coefficient (Wildman–Crippen LogP) is 3.13. The third kappa shape index (κ3) is 2.45. The van der Waals surface area contributed by atoms with Crippen molar-refractivity contribution in [2.45, 2.75) is 13.8 Å². The minimum Gasteiger partial charge on any atom is -0.497 e. The van der Waals surface area contributed by atoms with Gasteiger partial charge in [-0.2, -0.15) is 0 Å². The molecule has 0 heterocycles. The standard InChI is InChI=1S/C16H17NO2/c1-10-5-4-6-13(11(10)2)16(18)14-8-7-12(19-3)9-15(14)17/h4-9H,17H2,1-3H3. The normalized spacial score (nSPS) is 10.3. The number of hydrogen-bond acceptors (Lipinski definition) is 3. The fourth-order valence-corrected chi connectivity index (χ4v) is 2.02. The van der Waals surface area contributed by atoms with Gasteiger partial charge in [0.25, 0.3) is 0 Å². The lowest BCUT2D eigenvalue weighted by Gasteiger charge is -2.10. The highest BCUT2D eigenvalue weighted by atomic mass is 16.5. The van der Waals surface area contributed by atoms with Crippen LogP contribution >= 0.6 is 0 Å². The number of ketones is 1. The van der Waals surface area contributed by atoms with E-state index in [4.69, 9.17) is 10.5 Å². The lowest BCUT2D eigenvalue weighted by Crippen LogP contribution is -2.08. The summed E-state index contributed by atoms with van der Waals surface area (Å²) in [5.41, 5.74) is 9.64. The number of nitrogens with two attached hydrogens (primary N) is 1. The number of ether oxygens (including phenoxy) is 1. The minimum atomic E-state index is -0.0543. The molecule has 0 amide bonds. The molecule has 2 aromatic carbocycles. The average molecular weight is 255 g/mol. The molecule has 98 valence electrons. The molecule has 0 saturated carbocycles. The molecule has 0 aliphatic carbocycles. The SMILES string of the molecule is COc1ccc(C(=O)c2cccc(C)c2C)c(N)c1. The molecular formula is C16H17NO2. The summed E-state index contributed by atoms with van der Waals surface area (Å²) >= 11 is 0. The summed E-state index contributed by atoms with van der Waals surface area (Å²) in [7, 11) is 1.57. The molecule has 0 atom stereocenters. The van der Waals surface area contributed by atoms with Crippen LogP contribution in [0.25, 0.3) is 0 Å². The molecule has 0 unspecified atom stereocenters. The van der Waals surface area contributed by atoms with Gasteiger partial charge in [0, 0.05) is 22.9 Å². The Bertz CT molecular complexity index is 633. The number of benzene rings is 2. The molecule has 0 radical (unpaired) electrons. The first-order valence-electron chi connectivity index (χ1n) is 6.09. The number of nitrogen functional groups attached to an aromatic ring is 1.